The standard InChI is InChI=1S/C12H17NO/c1-10-4-5-12(9-14)11(8-10)6-7-13(2)3/h4-5,8-9H,6-7H2,1-3H3. The maximum Gasteiger partial charge on any atom is 0.150 e. The maximum atomic E-state index is 10.8. The molecule has 0 saturated carbocycles. The molecule has 0 amide bonds. The Bertz CT molecular complexity index is 318. The highest BCUT2D eigenvalue weighted by Crippen LogP contribution is 2.10. The van der Waals surface area contributed by atoms with Gasteiger partial charge in [-0.1, -0.05) is 23.8 Å². The molecule has 0 heterocycles. The monoisotopic (exact) mass is 191 g/mol. The number of aryl methyl sites for hydroxylation is 1. The molecule has 0 bridgehead atoms. The van der Waals surface area contributed by atoms with E-state index in [1.54, 1.807) is 0 Å². The van der Waals surface area contributed by atoms with E-state index >= 15 is 0 Å². The minimum atomic E-state index is 0.817. The van der Waals surface area contributed by atoms with Crippen molar-refractivity contribution in [2.45, 2.75) is 13.3 Å². The Labute approximate surface area is 85.5 Å². The summed E-state index contributed by atoms with van der Waals surface area (Å²) in [4.78, 5) is 12.9. The van der Waals surface area contributed by atoms with Crippen LogP contribution in [0.2, 0.25) is 0 Å². The molecule has 0 aromatic heterocycles. The van der Waals surface area contributed by atoms with E-state index in [4.69, 9.17) is 0 Å². The van der Waals surface area contributed by atoms with E-state index in [2.05, 4.69) is 11.0 Å². The molecule has 76 valence electrons. The highest BCUT2D eigenvalue weighted by Gasteiger charge is 2.02. The summed E-state index contributed by atoms with van der Waals surface area (Å²) in [5.74, 6) is 0. The second-order valence-electron chi connectivity index (χ2n) is 3.87. The molecule has 0 saturated heterocycles. The molecule has 1 aromatic rings. The van der Waals surface area contributed by atoms with Gasteiger partial charge in [0, 0.05) is 12.1 Å². The Morgan fingerprint density at radius 3 is 2.64 bits per heavy atom. The van der Waals surface area contributed by atoms with Crippen LogP contribution in [0.25, 0.3) is 0 Å². The van der Waals surface area contributed by atoms with Gasteiger partial charge in [0.15, 0.2) is 0 Å². The minimum Gasteiger partial charge on any atom is -0.309 e. The first-order chi connectivity index (χ1) is 6.63. The summed E-state index contributed by atoms with van der Waals surface area (Å²) >= 11 is 0. The Kier molecular flexibility index (Phi) is 3.84. The summed E-state index contributed by atoms with van der Waals surface area (Å²) < 4.78 is 0. The molecule has 0 aliphatic heterocycles. The van der Waals surface area contributed by atoms with Gasteiger partial charge in [-0.05, 0) is 33.0 Å². The zero-order chi connectivity index (χ0) is 10.6. The second-order valence-corrected chi connectivity index (χ2v) is 3.87. The van der Waals surface area contributed by atoms with Crippen molar-refractivity contribution in [2.75, 3.05) is 20.6 Å². The van der Waals surface area contributed by atoms with Crippen molar-refractivity contribution in [3.63, 3.8) is 0 Å². The topological polar surface area (TPSA) is 20.3 Å². The summed E-state index contributed by atoms with van der Waals surface area (Å²) in [7, 11) is 4.08. The van der Waals surface area contributed by atoms with Gasteiger partial charge in [0.2, 0.25) is 0 Å². The number of benzene rings is 1. The van der Waals surface area contributed by atoms with E-state index in [9.17, 15) is 4.79 Å². The molecule has 0 fully saturated rings. The van der Waals surface area contributed by atoms with Crippen molar-refractivity contribution >= 4 is 6.29 Å². The number of carbonyl (C=O) groups is 1. The molecule has 1 aromatic carbocycles. The van der Waals surface area contributed by atoms with Gasteiger partial charge in [0.25, 0.3) is 0 Å². The van der Waals surface area contributed by atoms with Crippen molar-refractivity contribution in [1.29, 1.82) is 0 Å². The predicted molar refractivity (Wildman–Crippen MR) is 58.8 cm³/mol. The third-order valence-electron chi connectivity index (χ3n) is 2.25. The van der Waals surface area contributed by atoms with Crippen LogP contribution in [0.4, 0.5) is 0 Å². The zero-order valence-electron chi connectivity index (χ0n) is 9.08. The van der Waals surface area contributed by atoms with Crippen molar-refractivity contribution in [1.82, 2.24) is 4.90 Å². The third-order valence-corrected chi connectivity index (χ3v) is 2.25. The molecule has 0 radical (unpaired) electrons. The van der Waals surface area contributed by atoms with Crippen LogP contribution in [-0.2, 0) is 6.42 Å². The molecular weight excluding hydrogens is 174 g/mol. The van der Waals surface area contributed by atoms with Crippen LogP contribution in [0.5, 0.6) is 0 Å². The first kappa shape index (κ1) is 10.9. The number of hydrogen-bond donors (Lipinski definition) is 0. The molecule has 0 unspecified atom stereocenters. The number of rotatable bonds is 4. The Balaban J connectivity index is 2.82. The van der Waals surface area contributed by atoms with Crippen LogP contribution in [0.1, 0.15) is 21.5 Å². The van der Waals surface area contributed by atoms with Crippen molar-refractivity contribution in [2.24, 2.45) is 0 Å². The summed E-state index contributed by atoms with van der Waals surface area (Å²) in [6.07, 6.45) is 1.87. The number of carbonyl (C=O) groups excluding carboxylic acids is 1. The summed E-state index contributed by atoms with van der Waals surface area (Å²) in [5.41, 5.74) is 3.18. The highest BCUT2D eigenvalue weighted by molar-refractivity contribution is 5.77. The van der Waals surface area contributed by atoms with Crippen LogP contribution in [-0.4, -0.2) is 31.8 Å². The first-order valence-corrected chi connectivity index (χ1v) is 4.83. The smallest absolute Gasteiger partial charge is 0.150 e. The lowest BCUT2D eigenvalue weighted by Gasteiger charge is -2.11. The van der Waals surface area contributed by atoms with E-state index < -0.39 is 0 Å². The Morgan fingerprint density at radius 2 is 2.07 bits per heavy atom. The van der Waals surface area contributed by atoms with Gasteiger partial charge < -0.3 is 4.90 Å². The molecule has 0 spiro atoms. The van der Waals surface area contributed by atoms with Gasteiger partial charge in [-0.3, -0.25) is 4.79 Å². The molecule has 0 aliphatic carbocycles. The largest absolute Gasteiger partial charge is 0.309 e. The van der Waals surface area contributed by atoms with E-state index in [0.29, 0.717) is 0 Å². The molecule has 0 N–H and O–H groups in total. The van der Waals surface area contributed by atoms with Crippen LogP contribution in [0.3, 0.4) is 0 Å². The summed E-state index contributed by atoms with van der Waals surface area (Å²) in [5, 5.41) is 0. The number of hydrogen-bond acceptors (Lipinski definition) is 2. The fraction of sp³-hybridized carbons (Fsp3) is 0.417. The average molecular weight is 191 g/mol. The molecule has 0 aliphatic rings. The third kappa shape index (κ3) is 2.96. The maximum absolute atomic E-state index is 10.8. The Morgan fingerprint density at radius 1 is 1.36 bits per heavy atom. The molecular formula is C12H17NO. The lowest BCUT2D eigenvalue weighted by molar-refractivity contribution is 0.112. The van der Waals surface area contributed by atoms with Crippen LogP contribution in [0.15, 0.2) is 18.2 Å². The van der Waals surface area contributed by atoms with Crippen LogP contribution in [0, 0.1) is 6.92 Å². The fourth-order valence-electron chi connectivity index (χ4n) is 1.41. The van der Waals surface area contributed by atoms with Gasteiger partial charge in [-0.15, -0.1) is 0 Å². The second kappa shape index (κ2) is 4.91. The number of likely N-dealkylation sites (N-methyl/N-ethyl adjacent to an activating group) is 1. The van der Waals surface area contributed by atoms with Crippen LogP contribution >= 0.6 is 0 Å². The quantitative estimate of drug-likeness (QED) is 0.678. The average Bonchev–Trinajstić information content (AvgIpc) is 2.15. The first-order valence-electron chi connectivity index (χ1n) is 4.83. The Hall–Kier alpha value is -1.15. The van der Waals surface area contributed by atoms with E-state index in [1.165, 1.54) is 5.56 Å². The molecule has 14 heavy (non-hydrogen) atoms. The zero-order valence-corrected chi connectivity index (χ0v) is 9.08. The minimum absolute atomic E-state index is 0.817. The van der Waals surface area contributed by atoms with Crippen molar-refractivity contribution < 1.29 is 4.79 Å². The summed E-state index contributed by atoms with van der Waals surface area (Å²) in [6.45, 7) is 3.03. The van der Waals surface area contributed by atoms with E-state index in [0.717, 1.165) is 30.4 Å². The number of aldehydes is 1. The van der Waals surface area contributed by atoms with Gasteiger partial charge >= 0.3 is 0 Å². The van der Waals surface area contributed by atoms with Gasteiger partial charge in [0.1, 0.15) is 6.29 Å². The molecule has 2 nitrogen and oxygen atoms in total. The normalized spacial score (nSPS) is 10.6. The predicted octanol–water partition coefficient (Wildman–Crippen LogP) is 1.91. The van der Waals surface area contributed by atoms with Gasteiger partial charge in [-0.2, -0.15) is 0 Å². The lowest BCUT2D eigenvalue weighted by Crippen LogP contribution is -2.15. The molecule has 1 rings (SSSR count). The summed E-state index contributed by atoms with van der Waals surface area (Å²) in [6, 6.07) is 5.96. The van der Waals surface area contributed by atoms with Gasteiger partial charge in [0.05, 0.1) is 0 Å². The van der Waals surface area contributed by atoms with E-state index in [1.807, 2.05) is 33.2 Å². The number of nitrogens with zero attached hydrogens (tertiary/aromatic N) is 1. The highest BCUT2D eigenvalue weighted by atomic mass is 16.1. The van der Waals surface area contributed by atoms with Gasteiger partial charge in [-0.25, -0.2) is 0 Å². The van der Waals surface area contributed by atoms with Crippen molar-refractivity contribution in [3.05, 3.63) is 34.9 Å². The van der Waals surface area contributed by atoms with Crippen LogP contribution < -0.4 is 0 Å². The fourth-order valence-corrected chi connectivity index (χ4v) is 1.41. The lowest BCUT2D eigenvalue weighted by atomic mass is 10.0. The molecule has 2 heteroatoms. The molecule has 0 atom stereocenters. The SMILES string of the molecule is Cc1ccc(C=O)c(CCN(C)C)c1. The van der Waals surface area contributed by atoms with Crippen molar-refractivity contribution in [3.8, 4) is 0 Å². The van der Waals surface area contributed by atoms with E-state index in [-0.39, 0.29) is 0 Å².